The predicted molar refractivity (Wildman–Crippen MR) is 74.8 cm³/mol. The molecule has 0 fully saturated rings. The van der Waals surface area contributed by atoms with E-state index in [1.54, 1.807) is 0 Å². The maximum Gasteiger partial charge on any atom is 0.111 e. The van der Waals surface area contributed by atoms with E-state index in [0.29, 0.717) is 5.02 Å². The molecule has 0 aliphatic heterocycles. The summed E-state index contributed by atoms with van der Waals surface area (Å²) < 4.78 is 0. The van der Waals surface area contributed by atoms with Crippen LogP contribution >= 0.6 is 11.6 Å². The van der Waals surface area contributed by atoms with Crippen LogP contribution in [0.4, 0.5) is 5.69 Å². The van der Waals surface area contributed by atoms with Gasteiger partial charge < -0.3 is 10.7 Å². The molecule has 4 heteroatoms. The van der Waals surface area contributed by atoms with Crippen LogP contribution in [0.15, 0.2) is 42.5 Å². The second-order valence-electron chi connectivity index (χ2n) is 4.24. The third kappa shape index (κ3) is 2.05. The molecule has 3 rings (SSSR count). The molecular formula is C14H12ClN3. The fourth-order valence-corrected chi connectivity index (χ4v) is 2.25. The van der Waals surface area contributed by atoms with Crippen molar-refractivity contribution in [2.75, 3.05) is 5.73 Å². The van der Waals surface area contributed by atoms with E-state index >= 15 is 0 Å². The van der Waals surface area contributed by atoms with Crippen LogP contribution in [0.1, 0.15) is 11.4 Å². The highest BCUT2D eigenvalue weighted by atomic mass is 35.5. The topological polar surface area (TPSA) is 54.7 Å². The molecule has 3 aromatic rings. The Balaban J connectivity index is 1.98. The Morgan fingerprint density at radius 3 is 2.78 bits per heavy atom. The van der Waals surface area contributed by atoms with E-state index in [4.69, 9.17) is 17.3 Å². The minimum atomic E-state index is 0.669. The lowest BCUT2D eigenvalue weighted by Gasteiger charge is -1.99. The lowest BCUT2D eigenvalue weighted by molar-refractivity contribution is 1.04. The van der Waals surface area contributed by atoms with Gasteiger partial charge in [-0.25, -0.2) is 4.98 Å². The smallest absolute Gasteiger partial charge is 0.111 e. The number of para-hydroxylation sites is 1. The lowest BCUT2D eigenvalue weighted by Crippen LogP contribution is -1.92. The molecule has 3 nitrogen and oxygen atoms in total. The molecule has 1 aromatic heterocycles. The maximum absolute atomic E-state index is 6.10. The molecule has 18 heavy (non-hydrogen) atoms. The molecule has 0 aliphatic carbocycles. The number of halogens is 1. The van der Waals surface area contributed by atoms with Crippen molar-refractivity contribution in [3.05, 3.63) is 58.9 Å². The van der Waals surface area contributed by atoms with E-state index in [9.17, 15) is 0 Å². The number of H-pyrrole nitrogens is 1. The molecule has 0 radical (unpaired) electrons. The highest BCUT2D eigenvalue weighted by Gasteiger charge is 2.06. The number of hydrogen-bond donors (Lipinski definition) is 2. The number of imidazole rings is 1. The molecule has 2 aromatic carbocycles. The molecule has 0 amide bonds. The summed E-state index contributed by atoms with van der Waals surface area (Å²) in [5, 5.41) is 0.669. The van der Waals surface area contributed by atoms with Crippen molar-refractivity contribution < 1.29 is 0 Å². The minimum Gasteiger partial charge on any atom is -0.399 e. The number of aromatic nitrogens is 2. The Kier molecular flexibility index (Phi) is 2.68. The van der Waals surface area contributed by atoms with Gasteiger partial charge in [0.15, 0.2) is 0 Å². The number of nitrogen functional groups attached to an aromatic ring is 1. The largest absolute Gasteiger partial charge is 0.399 e. The standard InChI is InChI=1S/C14H12ClN3/c15-11-5-2-6-12-14(11)18-13(17-12)8-9-3-1-4-10(16)7-9/h1-7H,8,16H2,(H,17,18). The van der Waals surface area contributed by atoms with Crippen LogP contribution in [0.5, 0.6) is 0 Å². The van der Waals surface area contributed by atoms with E-state index in [0.717, 1.165) is 34.5 Å². The summed E-state index contributed by atoms with van der Waals surface area (Å²) in [5.74, 6) is 0.892. The number of benzene rings is 2. The predicted octanol–water partition coefficient (Wildman–Crippen LogP) is 3.39. The van der Waals surface area contributed by atoms with Crippen molar-refractivity contribution in [3.8, 4) is 0 Å². The molecule has 90 valence electrons. The molecule has 0 spiro atoms. The fraction of sp³-hybridized carbons (Fsp3) is 0.0714. The van der Waals surface area contributed by atoms with Crippen LogP contribution in [0.2, 0.25) is 5.02 Å². The van der Waals surface area contributed by atoms with Gasteiger partial charge in [-0.15, -0.1) is 0 Å². The second kappa shape index (κ2) is 4.35. The molecule has 0 saturated heterocycles. The zero-order valence-electron chi connectivity index (χ0n) is 9.65. The summed E-state index contributed by atoms with van der Waals surface area (Å²) in [4.78, 5) is 7.78. The van der Waals surface area contributed by atoms with Gasteiger partial charge in [0.2, 0.25) is 0 Å². The first-order valence-corrected chi connectivity index (χ1v) is 6.08. The molecule has 0 aliphatic rings. The quantitative estimate of drug-likeness (QED) is 0.692. The number of anilines is 1. The lowest BCUT2D eigenvalue weighted by atomic mass is 10.1. The number of nitrogens with zero attached hydrogens (tertiary/aromatic N) is 1. The highest BCUT2D eigenvalue weighted by Crippen LogP contribution is 2.22. The minimum absolute atomic E-state index is 0.669. The van der Waals surface area contributed by atoms with Gasteiger partial charge in [-0.3, -0.25) is 0 Å². The number of hydrogen-bond acceptors (Lipinski definition) is 2. The summed E-state index contributed by atoms with van der Waals surface area (Å²) in [6.45, 7) is 0. The van der Waals surface area contributed by atoms with Crippen molar-refractivity contribution >= 4 is 28.3 Å². The van der Waals surface area contributed by atoms with Crippen molar-refractivity contribution in [1.82, 2.24) is 9.97 Å². The van der Waals surface area contributed by atoms with E-state index in [-0.39, 0.29) is 0 Å². The Morgan fingerprint density at radius 1 is 1.17 bits per heavy atom. The zero-order chi connectivity index (χ0) is 12.5. The van der Waals surface area contributed by atoms with Crippen molar-refractivity contribution in [3.63, 3.8) is 0 Å². The molecule has 0 saturated carbocycles. The van der Waals surface area contributed by atoms with Gasteiger partial charge in [0, 0.05) is 12.1 Å². The van der Waals surface area contributed by atoms with E-state index < -0.39 is 0 Å². The summed E-state index contributed by atoms with van der Waals surface area (Å²) in [5.41, 5.74) is 9.43. The Hall–Kier alpha value is -2.00. The van der Waals surface area contributed by atoms with Gasteiger partial charge in [0.05, 0.1) is 10.5 Å². The number of nitrogens with one attached hydrogen (secondary N) is 1. The normalized spacial score (nSPS) is 10.9. The first-order valence-electron chi connectivity index (χ1n) is 5.70. The number of fused-ring (bicyclic) bond motifs is 1. The summed E-state index contributed by atoms with van der Waals surface area (Å²) in [6.07, 6.45) is 0.718. The van der Waals surface area contributed by atoms with Crippen molar-refractivity contribution in [2.45, 2.75) is 6.42 Å². The van der Waals surface area contributed by atoms with Crippen LogP contribution in [0.3, 0.4) is 0 Å². The number of aromatic amines is 1. The zero-order valence-corrected chi connectivity index (χ0v) is 10.4. The monoisotopic (exact) mass is 257 g/mol. The molecular weight excluding hydrogens is 246 g/mol. The number of nitrogens with two attached hydrogens (primary N) is 1. The molecule has 3 N–H and O–H groups in total. The van der Waals surface area contributed by atoms with Gasteiger partial charge in [-0.2, -0.15) is 0 Å². The van der Waals surface area contributed by atoms with Crippen molar-refractivity contribution in [2.24, 2.45) is 0 Å². The number of rotatable bonds is 2. The van der Waals surface area contributed by atoms with Gasteiger partial charge >= 0.3 is 0 Å². The van der Waals surface area contributed by atoms with Gasteiger partial charge in [-0.1, -0.05) is 29.8 Å². The summed E-state index contributed by atoms with van der Waals surface area (Å²) >= 11 is 6.10. The highest BCUT2D eigenvalue weighted by molar-refractivity contribution is 6.34. The van der Waals surface area contributed by atoms with Gasteiger partial charge in [-0.05, 0) is 29.8 Å². The third-order valence-electron chi connectivity index (χ3n) is 2.84. The van der Waals surface area contributed by atoms with Crippen LogP contribution in [-0.2, 0) is 6.42 Å². The Morgan fingerprint density at radius 2 is 2.00 bits per heavy atom. The summed E-state index contributed by atoms with van der Waals surface area (Å²) in [6, 6.07) is 13.5. The van der Waals surface area contributed by atoms with E-state index in [2.05, 4.69) is 9.97 Å². The second-order valence-corrected chi connectivity index (χ2v) is 4.65. The molecule has 0 unspecified atom stereocenters. The van der Waals surface area contributed by atoms with Crippen LogP contribution in [-0.4, -0.2) is 9.97 Å². The fourth-order valence-electron chi connectivity index (χ4n) is 2.03. The van der Waals surface area contributed by atoms with E-state index in [1.165, 1.54) is 0 Å². The first-order chi connectivity index (χ1) is 8.72. The van der Waals surface area contributed by atoms with Gasteiger partial charge in [0.1, 0.15) is 11.3 Å². The van der Waals surface area contributed by atoms with Crippen LogP contribution in [0.25, 0.3) is 11.0 Å². The molecule has 0 bridgehead atoms. The molecule has 1 heterocycles. The summed E-state index contributed by atoms with van der Waals surface area (Å²) in [7, 11) is 0. The Bertz CT molecular complexity index is 703. The van der Waals surface area contributed by atoms with Crippen molar-refractivity contribution in [1.29, 1.82) is 0 Å². The Labute approximate surface area is 110 Å². The average molecular weight is 258 g/mol. The maximum atomic E-state index is 6.10. The molecule has 0 atom stereocenters. The van der Waals surface area contributed by atoms with Crippen LogP contribution in [0, 0.1) is 0 Å². The first kappa shape index (κ1) is 11.1. The van der Waals surface area contributed by atoms with Gasteiger partial charge in [0.25, 0.3) is 0 Å². The average Bonchev–Trinajstić information content (AvgIpc) is 2.73. The van der Waals surface area contributed by atoms with E-state index in [1.807, 2.05) is 42.5 Å². The SMILES string of the molecule is Nc1cccc(Cc2nc3c(Cl)cccc3[nH]2)c1. The third-order valence-corrected chi connectivity index (χ3v) is 3.14. The van der Waals surface area contributed by atoms with Crippen LogP contribution < -0.4 is 5.73 Å².